The van der Waals surface area contributed by atoms with Crippen molar-refractivity contribution < 1.29 is 24.5 Å². The second-order valence-corrected chi connectivity index (χ2v) is 12.5. The molecule has 4 saturated carbocycles. The van der Waals surface area contributed by atoms with Gasteiger partial charge in [-0.25, -0.2) is 0 Å². The number of fused-ring (bicyclic) bond motifs is 5. The van der Waals surface area contributed by atoms with E-state index in [4.69, 9.17) is 9.47 Å². The predicted molar refractivity (Wildman–Crippen MR) is 128 cm³/mol. The lowest BCUT2D eigenvalue weighted by molar-refractivity contribution is -0.209. The minimum Gasteiger partial charge on any atom is -0.469 e. The summed E-state index contributed by atoms with van der Waals surface area (Å²) in [7, 11) is 1.45. The van der Waals surface area contributed by atoms with Crippen LogP contribution in [0.2, 0.25) is 0 Å². The molecule has 2 N–H and O–H groups in total. The van der Waals surface area contributed by atoms with Gasteiger partial charge in [0, 0.05) is 13.0 Å². The van der Waals surface area contributed by atoms with E-state index in [0.717, 1.165) is 64.4 Å². The van der Waals surface area contributed by atoms with Gasteiger partial charge in [-0.05, 0) is 104 Å². The lowest BCUT2D eigenvalue weighted by atomic mass is 9.43. The number of rotatable bonds is 7. The van der Waals surface area contributed by atoms with Crippen molar-refractivity contribution in [2.45, 2.75) is 110 Å². The molecule has 4 rings (SSSR count). The van der Waals surface area contributed by atoms with Crippen molar-refractivity contribution in [3.8, 4) is 0 Å². The van der Waals surface area contributed by atoms with Crippen molar-refractivity contribution in [2.75, 3.05) is 13.7 Å². The number of hydrogen-bond donors (Lipinski definition) is 2. The normalized spacial score (nSPS) is 47.8. The molecule has 11 atom stereocenters. The molecule has 0 amide bonds. The molecule has 0 aliphatic heterocycles. The summed E-state index contributed by atoms with van der Waals surface area (Å²) in [5.41, 5.74) is 0.00911. The zero-order valence-electron chi connectivity index (χ0n) is 21.6. The standard InChI is InChI=1S/C28H48O5/c1-6-13-33-19-11-12-27(3)18(14-19)15-23(29)26-21-9-8-20(17(2)7-10-25(31)32-5)28(21,4)24(30)16-22(26)27/h17-24,26,29-30H,6-16H2,1-5H3/t17?,18?,19?,20-,21?,22?,23-,24+,26?,27+,28-/m1/s1. The van der Waals surface area contributed by atoms with Crippen molar-refractivity contribution in [1.29, 1.82) is 0 Å². The number of aliphatic hydroxyl groups is 2. The molecule has 33 heavy (non-hydrogen) atoms. The Morgan fingerprint density at radius 3 is 2.55 bits per heavy atom. The molecule has 190 valence electrons. The van der Waals surface area contributed by atoms with Crippen LogP contribution in [0, 0.1) is 46.3 Å². The topological polar surface area (TPSA) is 76.0 Å². The number of aliphatic hydroxyl groups excluding tert-OH is 2. The Morgan fingerprint density at radius 2 is 1.85 bits per heavy atom. The summed E-state index contributed by atoms with van der Waals surface area (Å²) in [4.78, 5) is 11.7. The van der Waals surface area contributed by atoms with E-state index in [1.54, 1.807) is 0 Å². The van der Waals surface area contributed by atoms with Crippen LogP contribution in [0.15, 0.2) is 0 Å². The van der Waals surface area contributed by atoms with Gasteiger partial charge in [-0.15, -0.1) is 0 Å². The van der Waals surface area contributed by atoms with E-state index >= 15 is 0 Å². The van der Waals surface area contributed by atoms with Crippen molar-refractivity contribution in [1.82, 2.24) is 0 Å². The molecule has 5 heteroatoms. The number of ether oxygens (including phenoxy) is 2. The summed E-state index contributed by atoms with van der Waals surface area (Å²) in [6, 6.07) is 0. The minimum atomic E-state index is -0.339. The van der Waals surface area contributed by atoms with Crippen molar-refractivity contribution in [3.05, 3.63) is 0 Å². The fourth-order valence-electron chi connectivity index (χ4n) is 9.20. The Balaban J connectivity index is 1.52. The average Bonchev–Trinajstić information content (AvgIpc) is 3.15. The second-order valence-electron chi connectivity index (χ2n) is 12.5. The van der Waals surface area contributed by atoms with Gasteiger partial charge >= 0.3 is 5.97 Å². The summed E-state index contributed by atoms with van der Waals surface area (Å²) in [6.07, 6.45) is 9.20. The third-order valence-electron chi connectivity index (χ3n) is 11.1. The molecule has 0 spiro atoms. The number of hydrogen-bond acceptors (Lipinski definition) is 5. The molecule has 4 fully saturated rings. The minimum absolute atomic E-state index is 0.147. The molecular weight excluding hydrogens is 416 g/mol. The molecule has 0 radical (unpaired) electrons. The summed E-state index contributed by atoms with van der Waals surface area (Å²) < 4.78 is 11.0. The third kappa shape index (κ3) is 4.29. The van der Waals surface area contributed by atoms with Crippen LogP contribution in [0.5, 0.6) is 0 Å². The van der Waals surface area contributed by atoms with Crippen LogP contribution in [-0.2, 0) is 14.3 Å². The summed E-state index contributed by atoms with van der Waals surface area (Å²) in [6.45, 7) is 9.98. The number of carbonyl (C=O) groups is 1. The Morgan fingerprint density at radius 1 is 1.09 bits per heavy atom. The van der Waals surface area contributed by atoms with E-state index in [9.17, 15) is 15.0 Å². The van der Waals surface area contributed by atoms with Gasteiger partial charge in [-0.1, -0.05) is 27.7 Å². The third-order valence-corrected chi connectivity index (χ3v) is 11.1. The van der Waals surface area contributed by atoms with Crippen molar-refractivity contribution in [3.63, 3.8) is 0 Å². The smallest absolute Gasteiger partial charge is 0.305 e. The first-order valence-corrected chi connectivity index (χ1v) is 13.7. The van der Waals surface area contributed by atoms with Crippen LogP contribution in [0.25, 0.3) is 0 Å². The molecule has 4 aliphatic carbocycles. The molecule has 0 heterocycles. The molecule has 0 aromatic carbocycles. The number of esters is 1. The SMILES string of the molecule is CCCOC1CC[C@@]2(C)C(C1)C[C@@H](O)C1C2C[C@H](O)[C@@]2(C)C1CC[C@@H]2C(C)CCC(=O)OC. The summed E-state index contributed by atoms with van der Waals surface area (Å²) in [5.74, 6) is 2.11. The van der Waals surface area contributed by atoms with Gasteiger partial charge in [0.2, 0.25) is 0 Å². The molecule has 0 bridgehead atoms. The Bertz CT molecular complexity index is 696. The first kappa shape index (κ1) is 25.4. The highest BCUT2D eigenvalue weighted by Crippen LogP contribution is 2.68. The van der Waals surface area contributed by atoms with Gasteiger partial charge in [-0.2, -0.15) is 0 Å². The van der Waals surface area contributed by atoms with Gasteiger partial charge < -0.3 is 19.7 Å². The van der Waals surface area contributed by atoms with Crippen LogP contribution >= 0.6 is 0 Å². The van der Waals surface area contributed by atoms with E-state index in [0.29, 0.717) is 42.1 Å². The lowest BCUT2D eigenvalue weighted by Gasteiger charge is -2.63. The first-order chi connectivity index (χ1) is 15.7. The fraction of sp³-hybridized carbons (Fsp3) is 0.964. The maximum absolute atomic E-state index is 11.7. The number of methoxy groups -OCH3 is 1. The fourth-order valence-corrected chi connectivity index (χ4v) is 9.20. The van der Waals surface area contributed by atoms with E-state index in [2.05, 4.69) is 27.7 Å². The largest absolute Gasteiger partial charge is 0.469 e. The molecule has 4 aliphatic rings. The molecule has 0 saturated heterocycles. The Hall–Kier alpha value is -0.650. The van der Waals surface area contributed by atoms with E-state index in [-0.39, 0.29) is 34.9 Å². The number of carbonyl (C=O) groups excluding carboxylic acids is 1. The van der Waals surface area contributed by atoms with E-state index in [1.807, 2.05) is 0 Å². The zero-order valence-corrected chi connectivity index (χ0v) is 21.6. The van der Waals surface area contributed by atoms with E-state index in [1.165, 1.54) is 7.11 Å². The predicted octanol–water partition coefficient (Wildman–Crippen LogP) is 4.97. The monoisotopic (exact) mass is 464 g/mol. The Labute approximate surface area is 201 Å². The lowest BCUT2D eigenvalue weighted by Crippen LogP contribution is -2.62. The van der Waals surface area contributed by atoms with E-state index < -0.39 is 0 Å². The molecule has 6 unspecified atom stereocenters. The quantitative estimate of drug-likeness (QED) is 0.520. The maximum atomic E-state index is 11.7. The highest BCUT2D eigenvalue weighted by molar-refractivity contribution is 5.69. The van der Waals surface area contributed by atoms with Gasteiger partial charge in [0.15, 0.2) is 0 Å². The van der Waals surface area contributed by atoms with Crippen LogP contribution < -0.4 is 0 Å². The first-order valence-electron chi connectivity index (χ1n) is 13.7. The summed E-state index contributed by atoms with van der Waals surface area (Å²) >= 11 is 0. The zero-order chi connectivity index (χ0) is 24.0. The highest BCUT2D eigenvalue weighted by Gasteiger charge is 2.65. The van der Waals surface area contributed by atoms with Gasteiger partial charge in [0.05, 0.1) is 25.4 Å². The average molecular weight is 465 g/mol. The molecule has 5 nitrogen and oxygen atoms in total. The van der Waals surface area contributed by atoms with Crippen LogP contribution in [0.3, 0.4) is 0 Å². The van der Waals surface area contributed by atoms with Gasteiger partial charge in [0.1, 0.15) is 0 Å². The van der Waals surface area contributed by atoms with Crippen molar-refractivity contribution >= 4 is 5.97 Å². The highest BCUT2D eigenvalue weighted by atomic mass is 16.5. The van der Waals surface area contributed by atoms with Gasteiger partial charge in [0.25, 0.3) is 0 Å². The van der Waals surface area contributed by atoms with Crippen LogP contribution in [0.1, 0.15) is 91.9 Å². The van der Waals surface area contributed by atoms with Crippen LogP contribution in [0.4, 0.5) is 0 Å². The molecule has 0 aromatic rings. The van der Waals surface area contributed by atoms with Gasteiger partial charge in [-0.3, -0.25) is 4.79 Å². The van der Waals surface area contributed by atoms with Crippen molar-refractivity contribution in [2.24, 2.45) is 46.3 Å². The summed E-state index contributed by atoms with van der Waals surface area (Å²) in [5, 5.41) is 23.2. The van der Waals surface area contributed by atoms with Crippen LogP contribution in [-0.4, -0.2) is 48.2 Å². The second kappa shape index (κ2) is 9.78. The molecule has 0 aromatic heterocycles. The molecular formula is C28H48O5. The maximum Gasteiger partial charge on any atom is 0.305 e. The Kier molecular flexibility index (Phi) is 7.54.